The van der Waals surface area contributed by atoms with Gasteiger partial charge in [-0.05, 0) is 0 Å². The Hall–Kier alpha value is -0.0904. The van der Waals surface area contributed by atoms with Crippen molar-refractivity contribution in [3.63, 3.8) is 0 Å². The van der Waals surface area contributed by atoms with E-state index in [1.165, 1.54) is 18.0 Å². The fraction of sp³-hybridized carbons (Fsp3) is 0. The third-order valence-electron chi connectivity index (χ3n) is 3.08. The third kappa shape index (κ3) is 4.01. The summed E-state index contributed by atoms with van der Waals surface area (Å²) in [4.78, 5) is 0. The molecule has 0 fully saturated rings. The molecule has 0 bridgehead atoms. The molecular formula is C18H13I2Te+. The predicted octanol–water partition coefficient (Wildman–Crippen LogP) is 3.41. The van der Waals surface area contributed by atoms with E-state index < -0.39 is 19.6 Å². The van der Waals surface area contributed by atoms with Gasteiger partial charge in [-0.2, -0.15) is 0 Å². The Morgan fingerprint density at radius 2 is 0.857 bits per heavy atom. The van der Waals surface area contributed by atoms with E-state index in [0.29, 0.717) is 0 Å². The second-order valence-corrected chi connectivity index (χ2v) is 12.8. The van der Waals surface area contributed by atoms with Crippen LogP contribution in [0.2, 0.25) is 0 Å². The van der Waals surface area contributed by atoms with Gasteiger partial charge in [0.05, 0.1) is 0 Å². The van der Waals surface area contributed by atoms with Gasteiger partial charge in [-0.3, -0.25) is 0 Å². The van der Waals surface area contributed by atoms with Gasteiger partial charge in [0.2, 0.25) is 0 Å². The molecule has 0 aliphatic carbocycles. The molecule has 0 amide bonds. The predicted molar refractivity (Wildman–Crippen MR) is 109 cm³/mol. The van der Waals surface area contributed by atoms with Gasteiger partial charge in [-0.25, -0.2) is 0 Å². The summed E-state index contributed by atoms with van der Waals surface area (Å²) in [5.41, 5.74) is 0. The quantitative estimate of drug-likeness (QED) is 0.315. The van der Waals surface area contributed by atoms with Crippen LogP contribution in [-0.2, 0) is 0 Å². The van der Waals surface area contributed by atoms with Gasteiger partial charge in [0, 0.05) is 0 Å². The van der Waals surface area contributed by atoms with Crippen LogP contribution in [0.1, 0.15) is 0 Å². The summed E-state index contributed by atoms with van der Waals surface area (Å²) >= 11 is 3.02. The molecule has 0 radical (unpaired) electrons. The summed E-state index contributed by atoms with van der Waals surface area (Å²) in [6.07, 6.45) is 0. The first-order valence-corrected chi connectivity index (χ1v) is 12.2. The third-order valence-corrected chi connectivity index (χ3v) is 10.9. The summed E-state index contributed by atoms with van der Waals surface area (Å²) in [5, 5.41) is 0. The Labute approximate surface area is 159 Å². The van der Waals surface area contributed by atoms with Crippen LogP contribution in [-0.4, -0.2) is 19.6 Å². The van der Waals surface area contributed by atoms with Crippen molar-refractivity contribution < 1.29 is 0 Å². The van der Waals surface area contributed by atoms with E-state index in [2.05, 4.69) is 124 Å². The summed E-state index contributed by atoms with van der Waals surface area (Å²) in [6.45, 7) is 0. The van der Waals surface area contributed by atoms with Crippen molar-refractivity contribution >= 4 is 75.6 Å². The Morgan fingerprint density at radius 1 is 0.476 bits per heavy atom. The van der Waals surface area contributed by atoms with E-state index in [9.17, 15) is 0 Å². The van der Waals surface area contributed by atoms with E-state index in [0.717, 1.165) is 0 Å². The summed E-state index contributed by atoms with van der Waals surface area (Å²) in [5.74, 6) is 0. The molecule has 0 saturated heterocycles. The molecule has 0 saturated carbocycles. The zero-order valence-electron chi connectivity index (χ0n) is 11.2. The average Bonchev–Trinajstić information content (AvgIpc) is 2.52. The van der Waals surface area contributed by atoms with E-state index in [-0.39, 0.29) is 0 Å². The summed E-state index contributed by atoms with van der Waals surface area (Å²) in [6, 6.07) is 29.1. The van der Waals surface area contributed by atoms with Crippen molar-refractivity contribution in [1.82, 2.24) is 0 Å². The van der Waals surface area contributed by atoms with Crippen molar-refractivity contribution in [2.24, 2.45) is 0 Å². The first-order chi connectivity index (χ1) is 10.2. The van der Waals surface area contributed by atoms with Crippen LogP contribution in [0.4, 0.5) is 0 Å². The van der Waals surface area contributed by atoms with Crippen molar-refractivity contribution in [3.05, 3.63) is 86.0 Å². The van der Waals surface area contributed by atoms with Gasteiger partial charge in [0.1, 0.15) is 0 Å². The molecule has 3 rings (SSSR count). The Bertz CT molecular complexity index is 661. The van der Waals surface area contributed by atoms with Crippen LogP contribution in [0.15, 0.2) is 78.9 Å². The van der Waals surface area contributed by atoms with E-state index in [1.807, 2.05) is 0 Å². The van der Waals surface area contributed by atoms with Gasteiger partial charge in [-0.1, -0.05) is 0 Å². The Morgan fingerprint density at radius 3 is 1.29 bits per heavy atom. The zero-order valence-corrected chi connectivity index (χ0v) is 17.8. The topological polar surface area (TPSA) is 0 Å². The monoisotopic (exact) mass is 613 g/mol. The summed E-state index contributed by atoms with van der Waals surface area (Å²) < 4.78 is 7.11. The van der Waals surface area contributed by atoms with Gasteiger partial charge >= 0.3 is 162 Å². The molecule has 3 heteroatoms. The van der Waals surface area contributed by atoms with Crippen LogP contribution < -0.4 is 10.8 Å². The van der Waals surface area contributed by atoms with E-state index >= 15 is 0 Å². The maximum atomic E-state index is 2.37. The van der Waals surface area contributed by atoms with Crippen LogP contribution in [0.25, 0.3) is 0 Å². The molecule has 0 heterocycles. The van der Waals surface area contributed by atoms with Gasteiger partial charge in [0.15, 0.2) is 0 Å². The molecular weight excluding hydrogens is 598 g/mol. The molecule has 0 aliphatic heterocycles. The zero-order chi connectivity index (χ0) is 14.7. The first kappa shape index (κ1) is 15.8. The molecule has 3 aromatic carbocycles. The van der Waals surface area contributed by atoms with E-state index in [1.54, 1.807) is 0 Å². The molecule has 0 aliphatic rings. The van der Waals surface area contributed by atoms with Gasteiger partial charge in [0.25, 0.3) is 0 Å². The number of hydrogen-bond acceptors (Lipinski definition) is 0. The van der Waals surface area contributed by atoms with Crippen molar-refractivity contribution in [1.29, 1.82) is 0 Å². The van der Waals surface area contributed by atoms with Crippen LogP contribution in [0.3, 0.4) is 0 Å². The van der Waals surface area contributed by atoms with Crippen LogP contribution in [0.5, 0.6) is 0 Å². The minimum absolute atomic E-state index is 1.30. The number of benzene rings is 3. The normalized spacial score (nSPS) is 10.8. The van der Waals surface area contributed by atoms with Crippen LogP contribution in [0, 0.1) is 7.14 Å². The fourth-order valence-corrected chi connectivity index (χ4v) is 8.71. The first-order valence-electron chi connectivity index (χ1n) is 6.54. The molecule has 3 aromatic rings. The van der Waals surface area contributed by atoms with Crippen molar-refractivity contribution in [2.45, 2.75) is 0 Å². The van der Waals surface area contributed by atoms with Gasteiger partial charge in [-0.15, -0.1) is 0 Å². The number of halogens is 2. The molecule has 0 nitrogen and oxygen atoms in total. The number of rotatable bonds is 3. The average molecular weight is 611 g/mol. The second kappa shape index (κ2) is 7.45. The van der Waals surface area contributed by atoms with Gasteiger partial charge < -0.3 is 0 Å². The summed E-state index contributed by atoms with van der Waals surface area (Å²) in [7, 11) is 0. The fourth-order valence-electron chi connectivity index (χ4n) is 2.11. The molecule has 0 unspecified atom stereocenters. The van der Waals surface area contributed by atoms with E-state index in [4.69, 9.17) is 0 Å². The minimum atomic E-state index is -1.73. The molecule has 0 N–H and O–H groups in total. The maximum absolute atomic E-state index is 2.37. The van der Waals surface area contributed by atoms with Crippen molar-refractivity contribution in [3.8, 4) is 0 Å². The molecule has 104 valence electrons. The standard InChI is InChI=1S/C18H13I2Te/c19-14-6-10-17(11-7-14)21(16-4-2-1-3-5-16)18-12-8-15(20)9-13-18/h1-13H/q+1. The Kier molecular flexibility index (Phi) is 5.60. The molecule has 0 atom stereocenters. The molecule has 21 heavy (non-hydrogen) atoms. The second-order valence-electron chi connectivity index (χ2n) is 4.53. The molecule has 0 aromatic heterocycles. The number of hydrogen-bond donors (Lipinski definition) is 0. The SMILES string of the molecule is Ic1ccc([Te+](c2ccccc2)c2ccc(I)cc2)cc1. The molecule has 0 spiro atoms. The Balaban J connectivity index is 2.11. The van der Waals surface area contributed by atoms with Crippen LogP contribution >= 0.6 is 45.2 Å². The van der Waals surface area contributed by atoms with Crippen molar-refractivity contribution in [2.75, 3.05) is 0 Å².